The van der Waals surface area contributed by atoms with Crippen molar-refractivity contribution < 1.29 is 13.2 Å². The van der Waals surface area contributed by atoms with E-state index in [0.717, 1.165) is 0 Å². The van der Waals surface area contributed by atoms with E-state index in [2.05, 4.69) is 5.32 Å². The highest BCUT2D eigenvalue weighted by Gasteiger charge is 2.28. The molecule has 0 spiro atoms. The maximum Gasteiger partial charge on any atom is 0.224 e. The lowest BCUT2D eigenvalue weighted by Crippen LogP contribution is -2.29. The second-order valence-corrected chi connectivity index (χ2v) is 9.38. The zero-order chi connectivity index (χ0) is 17.0. The molecule has 132 valence electrons. The van der Waals surface area contributed by atoms with E-state index in [9.17, 15) is 13.2 Å². The number of nitrogens with one attached hydrogen (secondary N) is 1. The Morgan fingerprint density at radius 1 is 1.30 bits per heavy atom. The molecule has 0 aliphatic heterocycles. The molecular weight excluding hydrogens is 336 g/mol. The molecule has 0 radical (unpaired) electrons. The van der Waals surface area contributed by atoms with E-state index in [1.54, 1.807) is 45.0 Å². The highest BCUT2D eigenvalue weighted by molar-refractivity contribution is 7.91. The number of hydrogen-bond acceptors (Lipinski definition) is 4. The summed E-state index contributed by atoms with van der Waals surface area (Å²) in [5, 5.41) is 2.77. The molecule has 1 aromatic rings. The maximum absolute atomic E-state index is 12.2. The van der Waals surface area contributed by atoms with Gasteiger partial charge in [-0.25, -0.2) is 8.42 Å². The molecule has 0 aromatic heterocycles. The van der Waals surface area contributed by atoms with E-state index < -0.39 is 14.6 Å². The molecule has 0 fully saturated rings. The molecule has 1 amide bonds. The van der Waals surface area contributed by atoms with Crippen LogP contribution >= 0.6 is 12.4 Å². The second-order valence-electron chi connectivity index (χ2n) is 6.64. The molecule has 0 aliphatic rings. The van der Waals surface area contributed by atoms with E-state index >= 15 is 0 Å². The molecule has 0 saturated heterocycles. The number of nitrogens with two attached hydrogens (primary N) is 1. The van der Waals surface area contributed by atoms with Gasteiger partial charge in [-0.15, -0.1) is 12.4 Å². The number of carbonyl (C=O) groups is 1. The Balaban J connectivity index is 0.00000484. The highest BCUT2D eigenvalue weighted by Crippen LogP contribution is 2.22. The van der Waals surface area contributed by atoms with Crippen molar-refractivity contribution in [3.8, 4) is 0 Å². The summed E-state index contributed by atoms with van der Waals surface area (Å²) >= 11 is 0. The van der Waals surface area contributed by atoms with E-state index in [1.807, 2.05) is 6.92 Å². The minimum atomic E-state index is -3.25. The molecule has 1 aromatic carbocycles. The number of benzene rings is 1. The van der Waals surface area contributed by atoms with Gasteiger partial charge in [-0.2, -0.15) is 0 Å². The van der Waals surface area contributed by atoms with E-state index in [1.165, 1.54) is 0 Å². The lowest BCUT2D eigenvalue weighted by atomic mass is 10.2. The van der Waals surface area contributed by atoms with Crippen molar-refractivity contribution in [2.24, 2.45) is 5.73 Å². The summed E-state index contributed by atoms with van der Waals surface area (Å²) in [5.74, 6) is -0.159. The quantitative estimate of drug-likeness (QED) is 0.814. The third kappa shape index (κ3) is 7.33. The molecule has 0 heterocycles. The molecule has 3 N–H and O–H groups in total. The molecule has 0 saturated carbocycles. The van der Waals surface area contributed by atoms with Crippen LogP contribution in [0.3, 0.4) is 0 Å². The van der Waals surface area contributed by atoms with Crippen LogP contribution in [0, 0.1) is 0 Å². The summed E-state index contributed by atoms with van der Waals surface area (Å²) in [6.45, 7) is 6.90. The van der Waals surface area contributed by atoms with Crippen LogP contribution < -0.4 is 11.1 Å². The topological polar surface area (TPSA) is 89.3 Å². The first-order chi connectivity index (χ1) is 10.0. The van der Waals surface area contributed by atoms with Gasteiger partial charge in [0.15, 0.2) is 9.84 Å². The van der Waals surface area contributed by atoms with Gasteiger partial charge in [0.1, 0.15) is 0 Å². The number of amides is 1. The number of rotatable bonds is 6. The fourth-order valence-corrected chi connectivity index (χ4v) is 2.81. The Kier molecular flexibility index (Phi) is 8.24. The van der Waals surface area contributed by atoms with Crippen LogP contribution in [0.1, 0.15) is 46.1 Å². The number of halogens is 1. The van der Waals surface area contributed by atoms with Gasteiger partial charge in [-0.1, -0.05) is 12.1 Å². The predicted molar refractivity (Wildman–Crippen MR) is 97.6 cm³/mol. The summed E-state index contributed by atoms with van der Waals surface area (Å²) in [4.78, 5) is 11.8. The van der Waals surface area contributed by atoms with Crippen LogP contribution in [-0.2, 0) is 20.4 Å². The molecule has 5 nitrogen and oxygen atoms in total. The molecule has 1 atom stereocenters. The Hall–Kier alpha value is -1.11. The third-order valence-corrected chi connectivity index (χ3v) is 5.91. The fourth-order valence-electron chi connectivity index (χ4n) is 1.76. The Morgan fingerprint density at radius 2 is 1.91 bits per heavy atom. The fraction of sp³-hybridized carbons (Fsp3) is 0.562. The molecular formula is C16H27ClN2O3S. The molecule has 1 rings (SSSR count). The zero-order valence-electron chi connectivity index (χ0n) is 14.1. The lowest BCUT2D eigenvalue weighted by molar-refractivity contribution is -0.116. The van der Waals surface area contributed by atoms with Gasteiger partial charge in [0.2, 0.25) is 5.91 Å². The van der Waals surface area contributed by atoms with E-state index in [4.69, 9.17) is 5.73 Å². The van der Waals surface area contributed by atoms with Crippen LogP contribution in [-0.4, -0.2) is 25.1 Å². The van der Waals surface area contributed by atoms with Crippen LogP contribution in [0.5, 0.6) is 0 Å². The molecule has 0 aliphatic carbocycles. The molecule has 1 unspecified atom stereocenters. The Bertz CT molecular complexity index is 622. The van der Waals surface area contributed by atoms with Crippen molar-refractivity contribution in [2.45, 2.75) is 57.1 Å². The smallest absolute Gasteiger partial charge is 0.224 e. The first-order valence-corrected chi connectivity index (χ1v) is 9.03. The normalized spacial score (nSPS) is 13.1. The summed E-state index contributed by atoms with van der Waals surface area (Å²) in [6, 6.07) is 6.92. The van der Waals surface area contributed by atoms with Crippen molar-refractivity contribution >= 4 is 33.8 Å². The molecule has 0 bridgehead atoms. The van der Waals surface area contributed by atoms with Crippen molar-refractivity contribution in [1.82, 2.24) is 0 Å². The summed E-state index contributed by atoms with van der Waals surface area (Å²) < 4.78 is 23.7. The first kappa shape index (κ1) is 21.9. The summed E-state index contributed by atoms with van der Waals surface area (Å²) in [5.41, 5.74) is 6.90. The summed E-state index contributed by atoms with van der Waals surface area (Å²) in [6.07, 6.45) is 0.964. The van der Waals surface area contributed by atoms with Gasteiger partial charge in [0.25, 0.3) is 0 Å². The Labute approximate surface area is 145 Å². The Morgan fingerprint density at radius 3 is 2.43 bits per heavy atom. The lowest BCUT2D eigenvalue weighted by Gasteiger charge is -2.19. The van der Waals surface area contributed by atoms with Crippen molar-refractivity contribution in [3.05, 3.63) is 29.8 Å². The SMILES string of the molecule is CC(N)CCC(=O)Nc1cccc(CS(=O)(=O)C(C)(C)C)c1.Cl. The number of hydrogen-bond donors (Lipinski definition) is 2. The van der Waals surface area contributed by atoms with Gasteiger partial charge >= 0.3 is 0 Å². The summed E-state index contributed by atoms with van der Waals surface area (Å²) in [7, 11) is -3.25. The monoisotopic (exact) mass is 362 g/mol. The maximum atomic E-state index is 12.2. The van der Waals surface area contributed by atoms with Gasteiger partial charge in [-0.3, -0.25) is 4.79 Å². The predicted octanol–water partition coefficient (Wildman–Crippen LogP) is 2.89. The standard InChI is InChI=1S/C16H26N2O3S.ClH/c1-12(17)8-9-15(19)18-14-7-5-6-13(10-14)11-22(20,21)16(2,3)4;/h5-7,10,12H,8-9,11,17H2,1-4H3,(H,18,19);1H. The zero-order valence-corrected chi connectivity index (χ0v) is 15.8. The van der Waals surface area contributed by atoms with Gasteiger partial charge in [0.05, 0.1) is 10.5 Å². The van der Waals surface area contributed by atoms with Crippen LogP contribution in [0.15, 0.2) is 24.3 Å². The average molecular weight is 363 g/mol. The highest BCUT2D eigenvalue weighted by atomic mass is 35.5. The van der Waals surface area contributed by atoms with E-state index in [0.29, 0.717) is 24.1 Å². The molecule has 23 heavy (non-hydrogen) atoms. The van der Waals surface area contributed by atoms with Crippen molar-refractivity contribution in [3.63, 3.8) is 0 Å². The number of carbonyl (C=O) groups excluding carboxylic acids is 1. The number of sulfone groups is 1. The van der Waals surface area contributed by atoms with Crippen molar-refractivity contribution in [2.75, 3.05) is 5.32 Å². The van der Waals surface area contributed by atoms with Gasteiger partial charge in [0, 0.05) is 18.2 Å². The third-order valence-electron chi connectivity index (χ3n) is 3.33. The largest absolute Gasteiger partial charge is 0.328 e. The van der Waals surface area contributed by atoms with Crippen LogP contribution in [0.4, 0.5) is 5.69 Å². The van der Waals surface area contributed by atoms with E-state index in [-0.39, 0.29) is 30.1 Å². The van der Waals surface area contributed by atoms with Crippen LogP contribution in [0.25, 0.3) is 0 Å². The van der Waals surface area contributed by atoms with Crippen LogP contribution in [0.2, 0.25) is 0 Å². The van der Waals surface area contributed by atoms with Gasteiger partial charge < -0.3 is 11.1 Å². The minimum Gasteiger partial charge on any atom is -0.328 e. The second kappa shape index (κ2) is 8.66. The first-order valence-electron chi connectivity index (χ1n) is 7.38. The molecule has 7 heteroatoms. The average Bonchev–Trinajstić information content (AvgIpc) is 2.35. The van der Waals surface area contributed by atoms with Gasteiger partial charge in [-0.05, 0) is 51.8 Å². The van der Waals surface area contributed by atoms with Crippen molar-refractivity contribution in [1.29, 1.82) is 0 Å². The number of anilines is 1. The minimum absolute atomic E-state index is 0.